The van der Waals surface area contributed by atoms with Gasteiger partial charge in [0.25, 0.3) is 0 Å². The second kappa shape index (κ2) is 4.24. The molecule has 1 nitrogen and oxygen atoms in total. The van der Waals surface area contributed by atoms with Gasteiger partial charge in [0.15, 0.2) is 0 Å². The van der Waals surface area contributed by atoms with Crippen LogP contribution in [-0.2, 0) is 0 Å². The van der Waals surface area contributed by atoms with E-state index in [4.69, 9.17) is 5.73 Å². The molecule has 0 aliphatic heterocycles. The first-order valence-corrected chi connectivity index (χ1v) is 3.20. The third-order valence-corrected chi connectivity index (χ3v) is 1.18. The summed E-state index contributed by atoms with van der Waals surface area (Å²) in [6, 6.07) is -1.73. The summed E-state index contributed by atoms with van der Waals surface area (Å²) in [5.74, 6) is 5.02. The Labute approximate surface area is 63.8 Å². The molecule has 0 radical (unpaired) electrons. The van der Waals surface area contributed by atoms with Gasteiger partial charge in [-0.1, -0.05) is 0 Å². The Balaban J connectivity index is 3.67. The van der Waals surface area contributed by atoms with Crippen molar-refractivity contribution in [3.63, 3.8) is 0 Å². The molecule has 0 rings (SSSR count). The normalized spacial score (nSPS) is 13.5. The Hall–Kier alpha value is -0.690. The van der Waals surface area contributed by atoms with Gasteiger partial charge in [0.2, 0.25) is 0 Å². The van der Waals surface area contributed by atoms with E-state index in [2.05, 4.69) is 11.8 Å². The molecule has 0 heterocycles. The Morgan fingerprint density at radius 3 is 2.36 bits per heavy atom. The highest BCUT2D eigenvalue weighted by Crippen LogP contribution is 2.20. The Morgan fingerprint density at radius 2 is 2.00 bits per heavy atom. The van der Waals surface area contributed by atoms with Crippen molar-refractivity contribution in [1.29, 1.82) is 0 Å². The van der Waals surface area contributed by atoms with Crippen LogP contribution in [0.5, 0.6) is 0 Å². The van der Waals surface area contributed by atoms with Crippen LogP contribution in [0.4, 0.5) is 13.2 Å². The number of nitrogens with two attached hydrogens (primary N) is 1. The topological polar surface area (TPSA) is 26.0 Å². The van der Waals surface area contributed by atoms with Gasteiger partial charge in [-0.25, -0.2) is 0 Å². The van der Waals surface area contributed by atoms with Crippen molar-refractivity contribution in [3.05, 3.63) is 0 Å². The predicted molar refractivity (Wildman–Crippen MR) is 36.7 cm³/mol. The molecule has 11 heavy (non-hydrogen) atoms. The first-order valence-electron chi connectivity index (χ1n) is 3.20. The van der Waals surface area contributed by atoms with Crippen LogP contribution in [0.3, 0.4) is 0 Å². The van der Waals surface area contributed by atoms with E-state index >= 15 is 0 Å². The molecule has 0 aliphatic rings. The maximum atomic E-state index is 11.7. The largest absolute Gasteiger partial charge is 0.403 e. The molecule has 0 aromatic heterocycles. The lowest BCUT2D eigenvalue weighted by molar-refractivity contribution is -0.148. The fourth-order valence-corrected chi connectivity index (χ4v) is 0.516. The molecule has 1 atom stereocenters. The van der Waals surface area contributed by atoms with Gasteiger partial charge in [0.05, 0.1) is 0 Å². The molecular weight excluding hydrogens is 155 g/mol. The summed E-state index contributed by atoms with van der Waals surface area (Å²) in [6.07, 6.45) is -4.20. The maximum Gasteiger partial charge on any atom is 0.403 e. The van der Waals surface area contributed by atoms with E-state index in [1.165, 1.54) is 0 Å². The Kier molecular flexibility index (Phi) is 3.98. The summed E-state index contributed by atoms with van der Waals surface area (Å²) in [7, 11) is 0. The van der Waals surface area contributed by atoms with E-state index in [1.54, 1.807) is 6.92 Å². The smallest absolute Gasteiger partial charge is 0.320 e. The number of rotatable bonds is 2. The van der Waals surface area contributed by atoms with Gasteiger partial charge < -0.3 is 5.73 Å². The van der Waals surface area contributed by atoms with Gasteiger partial charge in [-0.3, -0.25) is 0 Å². The fraction of sp³-hybridized carbons (Fsp3) is 0.714. The summed E-state index contributed by atoms with van der Waals surface area (Å²) >= 11 is 0. The molecule has 64 valence electrons. The van der Waals surface area contributed by atoms with Crippen molar-refractivity contribution in [3.8, 4) is 11.8 Å². The molecule has 4 heteroatoms. The number of halogens is 3. The lowest BCUT2D eigenvalue weighted by Gasteiger charge is -2.13. The quantitative estimate of drug-likeness (QED) is 0.619. The third-order valence-electron chi connectivity index (χ3n) is 1.18. The Morgan fingerprint density at radius 1 is 1.45 bits per heavy atom. The molecule has 2 N–H and O–H groups in total. The van der Waals surface area contributed by atoms with Crippen molar-refractivity contribution in [2.45, 2.75) is 32.0 Å². The maximum absolute atomic E-state index is 11.7. The zero-order valence-electron chi connectivity index (χ0n) is 6.20. The second-order valence-electron chi connectivity index (χ2n) is 2.11. The van der Waals surface area contributed by atoms with Crippen LogP contribution in [0.2, 0.25) is 0 Å². The molecule has 0 spiro atoms. The van der Waals surface area contributed by atoms with Gasteiger partial charge in [0.1, 0.15) is 6.04 Å². The zero-order valence-corrected chi connectivity index (χ0v) is 6.20. The van der Waals surface area contributed by atoms with Crippen LogP contribution < -0.4 is 5.73 Å². The molecule has 0 bridgehead atoms. The zero-order chi connectivity index (χ0) is 8.91. The van der Waals surface area contributed by atoms with Crippen molar-refractivity contribution < 1.29 is 13.2 Å². The molecule has 1 unspecified atom stereocenters. The van der Waals surface area contributed by atoms with Crippen molar-refractivity contribution in [2.24, 2.45) is 5.73 Å². The minimum atomic E-state index is -4.28. The standard InChI is InChI=1S/C7H10F3N/c1-2-3-4-5-6(11)7(8,9)10/h6H,4-5,11H2,1H3. The van der Waals surface area contributed by atoms with Crippen LogP contribution in [0.25, 0.3) is 0 Å². The average molecular weight is 165 g/mol. The summed E-state index contributed by atoms with van der Waals surface area (Å²) in [5.41, 5.74) is 4.80. The first-order chi connectivity index (χ1) is 4.98. The van der Waals surface area contributed by atoms with Crippen LogP contribution in [-0.4, -0.2) is 12.2 Å². The van der Waals surface area contributed by atoms with Crippen molar-refractivity contribution >= 4 is 0 Å². The molecule has 0 fully saturated rings. The Bertz CT molecular complexity index is 163. The van der Waals surface area contributed by atoms with E-state index in [1.807, 2.05) is 0 Å². The molecule has 0 aliphatic carbocycles. The molecular formula is C7H10F3N. The van der Waals surface area contributed by atoms with Gasteiger partial charge >= 0.3 is 6.18 Å². The molecule has 0 saturated heterocycles. The lowest BCUT2D eigenvalue weighted by atomic mass is 10.1. The highest BCUT2D eigenvalue weighted by atomic mass is 19.4. The van der Waals surface area contributed by atoms with Gasteiger partial charge in [-0.05, 0) is 13.3 Å². The minimum absolute atomic E-state index is 0.121. The summed E-state index contributed by atoms with van der Waals surface area (Å²) in [4.78, 5) is 0. The van der Waals surface area contributed by atoms with E-state index < -0.39 is 12.2 Å². The highest BCUT2D eigenvalue weighted by molar-refractivity contribution is 4.95. The molecule has 0 amide bonds. The van der Waals surface area contributed by atoms with E-state index in [0.29, 0.717) is 0 Å². The van der Waals surface area contributed by atoms with Crippen LogP contribution in [0.1, 0.15) is 19.8 Å². The lowest BCUT2D eigenvalue weighted by Crippen LogP contribution is -2.36. The monoisotopic (exact) mass is 165 g/mol. The van der Waals surface area contributed by atoms with Gasteiger partial charge in [0, 0.05) is 6.42 Å². The predicted octanol–water partition coefficient (Wildman–Crippen LogP) is 1.68. The summed E-state index contributed by atoms with van der Waals surface area (Å²) in [6.45, 7) is 1.58. The summed E-state index contributed by atoms with van der Waals surface area (Å²) in [5, 5.41) is 0. The fourth-order valence-electron chi connectivity index (χ4n) is 0.516. The van der Waals surface area contributed by atoms with Crippen molar-refractivity contribution in [2.75, 3.05) is 0 Å². The average Bonchev–Trinajstić information content (AvgIpc) is 1.86. The van der Waals surface area contributed by atoms with Gasteiger partial charge in [-0.2, -0.15) is 13.2 Å². The van der Waals surface area contributed by atoms with E-state index in [0.717, 1.165) is 0 Å². The number of alkyl halides is 3. The highest BCUT2D eigenvalue weighted by Gasteiger charge is 2.35. The minimum Gasteiger partial charge on any atom is -0.320 e. The second-order valence-corrected chi connectivity index (χ2v) is 2.11. The third kappa shape index (κ3) is 4.68. The van der Waals surface area contributed by atoms with Crippen LogP contribution in [0.15, 0.2) is 0 Å². The van der Waals surface area contributed by atoms with Crippen LogP contribution >= 0.6 is 0 Å². The SMILES string of the molecule is CC#CCCC(N)C(F)(F)F. The summed E-state index contributed by atoms with van der Waals surface area (Å²) < 4.78 is 35.1. The van der Waals surface area contributed by atoms with E-state index in [-0.39, 0.29) is 12.8 Å². The van der Waals surface area contributed by atoms with Crippen molar-refractivity contribution in [1.82, 2.24) is 0 Å². The van der Waals surface area contributed by atoms with Gasteiger partial charge in [-0.15, -0.1) is 11.8 Å². The van der Waals surface area contributed by atoms with E-state index in [9.17, 15) is 13.2 Å². The molecule has 0 aromatic carbocycles. The van der Waals surface area contributed by atoms with Crippen LogP contribution in [0, 0.1) is 11.8 Å². The first kappa shape index (κ1) is 10.3. The molecule has 0 aromatic rings. The number of hydrogen-bond acceptors (Lipinski definition) is 1. The molecule has 0 saturated carbocycles. The number of hydrogen-bond donors (Lipinski definition) is 1.